The molecule has 0 radical (unpaired) electrons. The smallest absolute Gasteiger partial charge is 0.130 e. The summed E-state index contributed by atoms with van der Waals surface area (Å²) in [5.41, 5.74) is 0. The molecule has 0 spiro atoms. The summed E-state index contributed by atoms with van der Waals surface area (Å²) in [5, 5.41) is 0. The van der Waals surface area contributed by atoms with Crippen LogP contribution in [0.4, 0.5) is 0 Å². The predicted molar refractivity (Wildman–Crippen MR) is 26.3 cm³/mol. The molecule has 0 atom stereocenters. The van der Waals surface area contributed by atoms with Gasteiger partial charge in [-0.3, -0.25) is 0 Å². The molecule has 0 N–H and O–H groups in total. The van der Waals surface area contributed by atoms with Gasteiger partial charge < -0.3 is 14.4 Å². The maximum Gasteiger partial charge on any atom is 0.130 e. The van der Waals surface area contributed by atoms with E-state index in [9.17, 15) is 14.4 Å². The van der Waals surface area contributed by atoms with Gasteiger partial charge in [-0.25, -0.2) is 0 Å². The summed E-state index contributed by atoms with van der Waals surface area (Å²) in [6.45, 7) is 0. The first-order valence-corrected chi connectivity index (χ1v) is 2.19. The summed E-state index contributed by atoms with van der Waals surface area (Å²) in [7, 11) is 0. The summed E-state index contributed by atoms with van der Waals surface area (Å²) < 4.78 is 0. The van der Waals surface area contributed by atoms with E-state index >= 15 is 0 Å². The van der Waals surface area contributed by atoms with Gasteiger partial charge in [-0.2, -0.15) is 0 Å². The van der Waals surface area contributed by atoms with Crippen LogP contribution in [-0.2, 0) is 36.1 Å². The first-order valence-electron chi connectivity index (χ1n) is 2.19. The van der Waals surface area contributed by atoms with E-state index in [1.807, 2.05) is 0 Å². The molecule has 0 unspecified atom stereocenters. The van der Waals surface area contributed by atoms with Crippen molar-refractivity contribution >= 4 is 18.9 Å². The number of carbonyl (C=O) groups excluding carboxylic acids is 3. The molecule has 0 aliphatic heterocycles. The maximum absolute atomic E-state index is 9.74. The second-order valence-corrected chi connectivity index (χ2v) is 1.34. The van der Waals surface area contributed by atoms with E-state index in [1.54, 1.807) is 0 Å². The van der Waals surface area contributed by atoms with Crippen molar-refractivity contribution in [3.63, 3.8) is 0 Å². The molecule has 0 fully saturated rings. The van der Waals surface area contributed by atoms with Gasteiger partial charge >= 0.3 is 0 Å². The van der Waals surface area contributed by atoms with Crippen molar-refractivity contribution in [1.29, 1.82) is 0 Å². The fraction of sp³-hybridized carbons (Fsp3) is 0.400. The first-order chi connectivity index (χ1) is 3.85. The normalized spacial score (nSPS) is 7.67. The topological polar surface area (TPSA) is 51.2 Å². The van der Waals surface area contributed by atoms with Crippen LogP contribution in [0.2, 0.25) is 0 Å². The second kappa shape index (κ2) is 7.72. The van der Waals surface area contributed by atoms with Crippen LogP contribution in [0.5, 0.6) is 0 Å². The SMILES string of the molecule is O=CCC(C=O)C=O.[Ti]. The van der Waals surface area contributed by atoms with Gasteiger partial charge in [-0.1, -0.05) is 0 Å². The summed E-state index contributed by atoms with van der Waals surface area (Å²) in [6.07, 6.45) is 1.48. The van der Waals surface area contributed by atoms with E-state index in [0.29, 0.717) is 18.9 Å². The monoisotopic (exact) mass is 162 g/mol. The Balaban J connectivity index is 0. The minimum absolute atomic E-state index is 0. The molecule has 0 aromatic carbocycles. The molecule has 3 nitrogen and oxygen atoms in total. The average Bonchev–Trinajstić information content (AvgIpc) is 1.83. The van der Waals surface area contributed by atoms with Gasteiger partial charge in [0.05, 0.1) is 5.92 Å². The van der Waals surface area contributed by atoms with Gasteiger partial charge in [0.15, 0.2) is 0 Å². The zero-order chi connectivity index (χ0) is 6.41. The van der Waals surface area contributed by atoms with E-state index in [2.05, 4.69) is 0 Å². The molecule has 0 amide bonds. The summed E-state index contributed by atoms with van der Waals surface area (Å²) >= 11 is 0. The molecule has 0 aliphatic carbocycles. The van der Waals surface area contributed by atoms with Gasteiger partial charge in [0.25, 0.3) is 0 Å². The number of hydrogen-bond acceptors (Lipinski definition) is 3. The minimum Gasteiger partial charge on any atom is -0.303 e. The van der Waals surface area contributed by atoms with Gasteiger partial charge in [0, 0.05) is 28.1 Å². The van der Waals surface area contributed by atoms with Crippen LogP contribution in [0.25, 0.3) is 0 Å². The van der Waals surface area contributed by atoms with Crippen molar-refractivity contribution in [2.75, 3.05) is 0 Å². The van der Waals surface area contributed by atoms with Crippen molar-refractivity contribution in [2.45, 2.75) is 6.42 Å². The first kappa shape index (κ1) is 11.5. The quantitative estimate of drug-likeness (QED) is 0.320. The van der Waals surface area contributed by atoms with Crippen LogP contribution < -0.4 is 0 Å². The Hall–Kier alpha value is -0.276. The van der Waals surface area contributed by atoms with Gasteiger partial charge in [0.1, 0.15) is 18.9 Å². The van der Waals surface area contributed by atoms with Crippen molar-refractivity contribution in [2.24, 2.45) is 5.92 Å². The zero-order valence-electron chi connectivity index (χ0n) is 4.74. The van der Waals surface area contributed by atoms with E-state index < -0.39 is 5.92 Å². The molecule has 9 heavy (non-hydrogen) atoms. The van der Waals surface area contributed by atoms with Crippen LogP contribution in [0, 0.1) is 5.92 Å². The van der Waals surface area contributed by atoms with E-state index in [-0.39, 0.29) is 28.1 Å². The van der Waals surface area contributed by atoms with E-state index in [0.717, 1.165) is 0 Å². The molecule has 0 saturated carbocycles. The molecule has 0 aromatic rings. The summed E-state index contributed by atoms with van der Waals surface area (Å²) in [4.78, 5) is 29.1. The molecule has 0 saturated heterocycles. The number of rotatable bonds is 4. The standard InChI is InChI=1S/C5H6O3.Ti/c6-2-1-5(3-7)4-8;/h2-5H,1H2;. The van der Waals surface area contributed by atoms with Crippen molar-refractivity contribution in [3.8, 4) is 0 Å². The van der Waals surface area contributed by atoms with Crippen molar-refractivity contribution < 1.29 is 36.1 Å². The van der Waals surface area contributed by atoms with Gasteiger partial charge in [-0.05, 0) is 0 Å². The Kier molecular flexibility index (Phi) is 9.88. The fourth-order valence-corrected chi connectivity index (χ4v) is 0.254. The molecular weight excluding hydrogens is 156 g/mol. The molecule has 0 heterocycles. The largest absolute Gasteiger partial charge is 0.303 e. The van der Waals surface area contributed by atoms with Crippen molar-refractivity contribution in [3.05, 3.63) is 0 Å². The van der Waals surface area contributed by atoms with Gasteiger partial charge in [0.2, 0.25) is 0 Å². The second-order valence-electron chi connectivity index (χ2n) is 1.34. The average molecular weight is 162 g/mol. The van der Waals surface area contributed by atoms with Crippen LogP contribution in [0.1, 0.15) is 6.42 Å². The molecule has 0 rings (SSSR count). The molecule has 0 bridgehead atoms. The Labute approximate surface area is 67.7 Å². The third-order valence-electron chi connectivity index (χ3n) is 0.718. The summed E-state index contributed by atoms with van der Waals surface area (Å²) in [6, 6.07) is 0. The summed E-state index contributed by atoms with van der Waals surface area (Å²) in [5.74, 6) is -0.729. The molecule has 48 valence electrons. The van der Waals surface area contributed by atoms with Crippen LogP contribution in [0.3, 0.4) is 0 Å². The van der Waals surface area contributed by atoms with E-state index in [1.165, 1.54) is 0 Å². The fourth-order valence-electron chi connectivity index (χ4n) is 0.254. The molecule has 0 aromatic heterocycles. The Morgan fingerprint density at radius 1 is 1.11 bits per heavy atom. The third kappa shape index (κ3) is 5.60. The molecule has 4 heteroatoms. The van der Waals surface area contributed by atoms with Crippen LogP contribution >= 0.6 is 0 Å². The van der Waals surface area contributed by atoms with E-state index in [4.69, 9.17) is 0 Å². The predicted octanol–water partition coefficient (Wildman–Crippen LogP) is -0.413. The minimum atomic E-state index is -0.729. The Bertz CT molecular complexity index is 94.4. The number of hydrogen-bond donors (Lipinski definition) is 0. The Morgan fingerprint density at radius 2 is 1.56 bits per heavy atom. The third-order valence-corrected chi connectivity index (χ3v) is 0.718. The van der Waals surface area contributed by atoms with Crippen LogP contribution in [0.15, 0.2) is 0 Å². The molecule has 0 aliphatic rings. The molecular formula is C5H6O3Ti. The van der Waals surface area contributed by atoms with Crippen molar-refractivity contribution in [1.82, 2.24) is 0 Å². The van der Waals surface area contributed by atoms with Gasteiger partial charge in [-0.15, -0.1) is 0 Å². The zero-order valence-corrected chi connectivity index (χ0v) is 6.30. The maximum atomic E-state index is 9.74. The number of carbonyl (C=O) groups is 3. The van der Waals surface area contributed by atoms with Crippen LogP contribution in [-0.4, -0.2) is 18.9 Å². The number of aldehydes is 3. The Morgan fingerprint density at radius 3 is 1.67 bits per heavy atom.